The summed E-state index contributed by atoms with van der Waals surface area (Å²) in [6.45, 7) is 1.85. The molecule has 0 aromatic carbocycles. The Bertz CT molecular complexity index is 400. The Kier molecular flexibility index (Phi) is 4.65. The van der Waals surface area contributed by atoms with Crippen molar-refractivity contribution in [2.75, 3.05) is 12.4 Å². The van der Waals surface area contributed by atoms with Crippen LogP contribution in [0.4, 0.5) is 0 Å². The highest BCUT2D eigenvalue weighted by Gasteiger charge is 2.09. The van der Waals surface area contributed by atoms with E-state index >= 15 is 0 Å². The highest BCUT2D eigenvalue weighted by molar-refractivity contribution is 7.89. The fourth-order valence-electron chi connectivity index (χ4n) is 0.957. The van der Waals surface area contributed by atoms with Gasteiger partial charge in [-0.1, -0.05) is 6.92 Å². The topological polar surface area (TPSA) is 79.3 Å². The van der Waals surface area contributed by atoms with E-state index in [1.165, 1.54) is 11.3 Å². The molecule has 0 bridgehead atoms. The third-order valence-electron chi connectivity index (χ3n) is 1.75. The number of rotatable bonds is 6. The minimum atomic E-state index is -3.36. The molecule has 15 heavy (non-hydrogen) atoms. The maximum absolute atomic E-state index is 11.2. The van der Waals surface area contributed by atoms with Gasteiger partial charge in [0.15, 0.2) is 0 Å². The molecule has 1 aromatic heterocycles. The Balaban J connectivity index is 2.50. The van der Waals surface area contributed by atoms with Crippen molar-refractivity contribution in [3.05, 3.63) is 16.1 Å². The number of nitrogens with one attached hydrogen (secondary N) is 1. The number of aliphatic hydroxyl groups is 1. The quantitative estimate of drug-likeness (QED) is 0.751. The first-order valence-corrected chi connectivity index (χ1v) is 7.06. The summed E-state index contributed by atoms with van der Waals surface area (Å²) in [5.74, 6) is -0.265. The van der Waals surface area contributed by atoms with Crippen LogP contribution >= 0.6 is 11.3 Å². The molecule has 0 aliphatic carbocycles. The molecule has 2 N–H and O–H groups in total. The molecule has 1 rings (SSSR count). The molecule has 1 heterocycles. The van der Waals surface area contributed by atoms with E-state index in [2.05, 4.69) is 9.71 Å². The lowest BCUT2D eigenvalue weighted by Gasteiger charge is -2.01. The molecular weight excluding hydrogens is 236 g/mol. The van der Waals surface area contributed by atoms with Crippen LogP contribution in [0.25, 0.3) is 0 Å². The molecule has 0 spiro atoms. The predicted molar refractivity (Wildman–Crippen MR) is 59.2 cm³/mol. The van der Waals surface area contributed by atoms with Gasteiger partial charge in [-0.05, 0) is 6.42 Å². The largest absolute Gasteiger partial charge is 0.395 e. The van der Waals surface area contributed by atoms with Crippen LogP contribution in [0.3, 0.4) is 0 Å². The predicted octanol–water partition coefficient (Wildman–Crippen LogP) is 0.117. The Labute approximate surface area is 93.2 Å². The van der Waals surface area contributed by atoms with Gasteiger partial charge in [-0.25, -0.2) is 18.1 Å². The summed E-state index contributed by atoms with van der Waals surface area (Å²) >= 11 is 1.49. The van der Waals surface area contributed by atoms with Crippen molar-refractivity contribution in [3.63, 3.8) is 0 Å². The second-order valence-electron chi connectivity index (χ2n) is 2.94. The van der Waals surface area contributed by atoms with E-state index in [1.807, 2.05) is 6.92 Å². The molecule has 1 aromatic rings. The normalized spacial score (nSPS) is 11.9. The first-order chi connectivity index (χ1) is 7.07. The molecule has 0 atom stereocenters. The third-order valence-corrected chi connectivity index (χ3v) is 4.20. The molecule has 0 unspecified atom stereocenters. The smallest absolute Gasteiger partial charge is 0.214 e. The minimum absolute atomic E-state index is 0.201. The van der Waals surface area contributed by atoms with Gasteiger partial charge in [0.25, 0.3) is 0 Å². The molecule has 0 aliphatic rings. The summed E-state index contributed by atoms with van der Waals surface area (Å²) in [5, 5.41) is 9.25. The summed E-state index contributed by atoms with van der Waals surface area (Å²) in [6, 6.07) is 0. The van der Waals surface area contributed by atoms with E-state index in [0.29, 0.717) is 0 Å². The summed E-state index contributed by atoms with van der Waals surface area (Å²) in [4.78, 5) is 5.21. The van der Waals surface area contributed by atoms with Crippen molar-refractivity contribution >= 4 is 21.4 Å². The number of hydrogen-bond donors (Lipinski definition) is 2. The Morgan fingerprint density at radius 3 is 2.87 bits per heavy atom. The minimum Gasteiger partial charge on any atom is -0.395 e. The van der Waals surface area contributed by atoms with Gasteiger partial charge in [-0.2, -0.15) is 0 Å². The van der Waals surface area contributed by atoms with Crippen molar-refractivity contribution in [1.82, 2.24) is 9.71 Å². The first-order valence-electron chi connectivity index (χ1n) is 4.59. The molecule has 0 saturated heterocycles. The summed E-state index contributed by atoms with van der Waals surface area (Å²) in [6.07, 6.45) is 2.65. The molecule has 0 aliphatic heterocycles. The monoisotopic (exact) mass is 250 g/mol. The van der Waals surface area contributed by atoms with Gasteiger partial charge in [0.1, 0.15) is 5.01 Å². The Hall–Kier alpha value is -0.500. The van der Waals surface area contributed by atoms with Crippen molar-refractivity contribution in [3.8, 4) is 0 Å². The first kappa shape index (κ1) is 12.6. The molecular formula is C8H14N2O3S2. The van der Waals surface area contributed by atoms with Gasteiger partial charge in [0, 0.05) is 11.1 Å². The lowest BCUT2D eigenvalue weighted by atomic mass is 10.4. The standard InChI is InChI=1S/C8H14N2O3S2/c1-2-7-5-9-8(14-7)6-10-15(12,13)4-3-11/h5,10-11H,2-4,6H2,1H3. The van der Waals surface area contributed by atoms with Crippen LogP contribution in [0.15, 0.2) is 6.20 Å². The fourth-order valence-corrected chi connectivity index (χ4v) is 2.59. The van der Waals surface area contributed by atoms with E-state index in [9.17, 15) is 8.42 Å². The maximum Gasteiger partial charge on any atom is 0.214 e. The zero-order valence-corrected chi connectivity index (χ0v) is 10.1. The second kappa shape index (κ2) is 5.55. The van der Waals surface area contributed by atoms with Crippen LogP contribution < -0.4 is 4.72 Å². The number of sulfonamides is 1. The maximum atomic E-state index is 11.2. The Morgan fingerprint density at radius 1 is 1.60 bits per heavy atom. The van der Waals surface area contributed by atoms with E-state index in [1.54, 1.807) is 6.20 Å². The lowest BCUT2D eigenvalue weighted by molar-refractivity contribution is 0.319. The van der Waals surface area contributed by atoms with Crippen LogP contribution in [0, 0.1) is 0 Å². The van der Waals surface area contributed by atoms with E-state index in [4.69, 9.17) is 5.11 Å². The molecule has 0 radical (unpaired) electrons. The van der Waals surface area contributed by atoms with E-state index < -0.39 is 10.0 Å². The number of aromatic nitrogens is 1. The van der Waals surface area contributed by atoms with Crippen molar-refractivity contribution in [2.24, 2.45) is 0 Å². The van der Waals surface area contributed by atoms with Crippen LogP contribution in [-0.4, -0.2) is 30.9 Å². The average Bonchev–Trinajstić information content (AvgIpc) is 2.62. The number of hydrogen-bond acceptors (Lipinski definition) is 5. The van der Waals surface area contributed by atoms with Crippen molar-refractivity contribution < 1.29 is 13.5 Å². The second-order valence-corrected chi connectivity index (χ2v) is 6.06. The van der Waals surface area contributed by atoms with Crippen molar-refractivity contribution in [1.29, 1.82) is 0 Å². The van der Waals surface area contributed by atoms with Gasteiger partial charge in [0.2, 0.25) is 10.0 Å². The van der Waals surface area contributed by atoms with Gasteiger partial charge >= 0.3 is 0 Å². The van der Waals surface area contributed by atoms with E-state index in [-0.39, 0.29) is 18.9 Å². The highest BCUT2D eigenvalue weighted by Crippen LogP contribution is 2.12. The van der Waals surface area contributed by atoms with Gasteiger partial charge in [0.05, 0.1) is 18.9 Å². The third kappa shape index (κ3) is 4.25. The van der Waals surface area contributed by atoms with Gasteiger partial charge in [-0.15, -0.1) is 11.3 Å². The van der Waals surface area contributed by atoms with Crippen LogP contribution in [0.5, 0.6) is 0 Å². The van der Waals surface area contributed by atoms with Crippen LogP contribution in [-0.2, 0) is 23.0 Å². The highest BCUT2D eigenvalue weighted by atomic mass is 32.2. The van der Waals surface area contributed by atoms with Crippen molar-refractivity contribution in [2.45, 2.75) is 19.9 Å². The van der Waals surface area contributed by atoms with Crippen LogP contribution in [0.2, 0.25) is 0 Å². The fraction of sp³-hybridized carbons (Fsp3) is 0.625. The van der Waals surface area contributed by atoms with Gasteiger partial charge < -0.3 is 5.11 Å². The number of aliphatic hydroxyl groups excluding tert-OH is 1. The number of aryl methyl sites for hydroxylation is 1. The summed E-state index contributed by atoms with van der Waals surface area (Å²) < 4.78 is 24.7. The molecule has 5 nitrogen and oxygen atoms in total. The molecule has 7 heteroatoms. The number of thiazole rings is 1. The molecule has 0 amide bonds. The molecule has 86 valence electrons. The number of nitrogens with zero attached hydrogens (tertiary/aromatic N) is 1. The zero-order chi connectivity index (χ0) is 11.3. The summed E-state index contributed by atoms with van der Waals surface area (Å²) in [7, 11) is -3.36. The summed E-state index contributed by atoms with van der Waals surface area (Å²) in [5.41, 5.74) is 0. The van der Waals surface area contributed by atoms with Gasteiger partial charge in [-0.3, -0.25) is 0 Å². The Morgan fingerprint density at radius 2 is 2.33 bits per heavy atom. The zero-order valence-electron chi connectivity index (χ0n) is 8.43. The molecule has 0 fully saturated rings. The van der Waals surface area contributed by atoms with E-state index in [0.717, 1.165) is 16.3 Å². The molecule has 0 saturated carbocycles. The average molecular weight is 250 g/mol. The lowest BCUT2D eigenvalue weighted by Crippen LogP contribution is -2.27. The van der Waals surface area contributed by atoms with Crippen LogP contribution in [0.1, 0.15) is 16.8 Å². The SMILES string of the molecule is CCc1cnc(CNS(=O)(=O)CCO)s1.